The summed E-state index contributed by atoms with van der Waals surface area (Å²) in [6, 6.07) is 5.80. The molecular formula is C16H19FN2O3. The van der Waals surface area contributed by atoms with Crippen molar-refractivity contribution in [2.45, 2.75) is 25.3 Å². The zero-order chi connectivity index (χ0) is 15.5. The molecule has 1 atom stereocenters. The third-order valence-electron chi connectivity index (χ3n) is 4.27. The van der Waals surface area contributed by atoms with Gasteiger partial charge < -0.3 is 15.0 Å². The molecule has 22 heavy (non-hydrogen) atoms. The van der Waals surface area contributed by atoms with Crippen molar-refractivity contribution < 1.29 is 18.7 Å². The van der Waals surface area contributed by atoms with Crippen LogP contribution in [-0.4, -0.2) is 42.5 Å². The molecule has 0 spiro atoms. The standard InChI is InChI=1S/C16H19FN2O3/c17-12-1-3-13(4-2-12)18-16(21)11-9-15(20)19(10-11)14-5-7-22-8-6-14/h1-4,11,14H,5-10H2,(H,18,21). The van der Waals surface area contributed by atoms with Crippen LogP contribution in [0.4, 0.5) is 10.1 Å². The smallest absolute Gasteiger partial charge is 0.229 e. The number of amides is 2. The molecule has 0 bridgehead atoms. The molecule has 1 aromatic rings. The molecule has 2 amide bonds. The topological polar surface area (TPSA) is 58.6 Å². The first-order valence-corrected chi connectivity index (χ1v) is 7.57. The van der Waals surface area contributed by atoms with Crippen molar-refractivity contribution in [3.63, 3.8) is 0 Å². The Hall–Kier alpha value is -1.95. The molecule has 0 radical (unpaired) electrons. The summed E-state index contributed by atoms with van der Waals surface area (Å²) in [5.74, 6) is -0.846. The summed E-state index contributed by atoms with van der Waals surface area (Å²) in [7, 11) is 0. The summed E-state index contributed by atoms with van der Waals surface area (Å²) >= 11 is 0. The van der Waals surface area contributed by atoms with Crippen molar-refractivity contribution >= 4 is 17.5 Å². The Balaban J connectivity index is 1.59. The number of rotatable bonds is 3. The van der Waals surface area contributed by atoms with Gasteiger partial charge in [0.15, 0.2) is 0 Å². The number of likely N-dealkylation sites (tertiary alicyclic amines) is 1. The van der Waals surface area contributed by atoms with Crippen molar-refractivity contribution in [1.29, 1.82) is 0 Å². The van der Waals surface area contributed by atoms with Crippen LogP contribution in [0, 0.1) is 11.7 Å². The van der Waals surface area contributed by atoms with Crippen LogP contribution in [0.3, 0.4) is 0 Å². The van der Waals surface area contributed by atoms with Crippen molar-refractivity contribution in [3.05, 3.63) is 30.1 Å². The van der Waals surface area contributed by atoms with Gasteiger partial charge in [0.25, 0.3) is 0 Å². The molecule has 2 heterocycles. The molecule has 1 unspecified atom stereocenters. The summed E-state index contributed by atoms with van der Waals surface area (Å²) < 4.78 is 18.2. The maximum absolute atomic E-state index is 12.9. The molecule has 1 N–H and O–H groups in total. The van der Waals surface area contributed by atoms with E-state index in [0.29, 0.717) is 25.4 Å². The van der Waals surface area contributed by atoms with Crippen LogP contribution in [0.15, 0.2) is 24.3 Å². The maximum atomic E-state index is 12.9. The summed E-state index contributed by atoms with van der Waals surface area (Å²) in [6.07, 6.45) is 1.90. The molecule has 6 heteroatoms. The van der Waals surface area contributed by atoms with E-state index in [1.807, 2.05) is 4.90 Å². The highest BCUT2D eigenvalue weighted by molar-refractivity contribution is 5.97. The van der Waals surface area contributed by atoms with Gasteiger partial charge >= 0.3 is 0 Å². The highest BCUT2D eigenvalue weighted by Gasteiger charge is 2.38. The minimum atomic E-state index is -0.347. The van der Waals surface area contributed by atoms with Gasteiger partial charge in [0, 0.05) is 37.9 Å². The lowest BCUT2D eigenvalue weighted by molar-refractivity contribution is -0.131. The van der Waals surface area contributed by atoms with Gasteiger partial charge in [0.05, 0.1) is 5.92 Å². The van der Waals surface area contributed by atoms with Crippen LogP contribution in [0.2, 0.25) is 0 Å². The van der Waals surface area contributed by atoms with E-state index >= 15 is 0 Å². The molecular weight excluding hydrogens is 287 g/mol. The fourth-order valence-corrected chi connectivity index (χ4v) is 3.03. The van der Waals surface area contributed by atoms with E-state index < -0.39 is 0 Å². The number of halogens is 1. The highest BCUT2D eigenvalue weighted by atomic mass is 19.1. The second-order valence-electron chi connectivity index (χ2n) is 5.79. The van der Waals surface area contributed by atoms with E-state index in [4.69, 9.17) is 4.74 Å². The second-order valence-corrected chi connectivity index (χ2v) is 5.79. The van der Waals surface area contributed by atoms with Crippen LogP contribution in [-0.2, 0) is 14.3 Å². The molecule has 2 fully saturated rings. The van der Waals surface area contributed by atoms with Gasteiger partial charge in [-0.2, -0.15) is 0 Å². The molecule has 2 aliphatic rings. The Labute approximate surface area is 128 Å². The van der Waals surface area contributed by atoms with Crippen LogP contribution >= 0.6 is 0 Å². The Morgan fingerprint density at radius 1 is 1.23 bits per heavy atom. The number of anilines is 1. The van der Waals surface area contributed by atoms with Gasteiger partial charge in [0.1, 0.15) is 5.82 Å². The number of hydrogen-bond acceptors (Lipinski definition) is 3. The quantitative estimate of drug-likeness (QED) is 0.926. The first kappa shape index (κ1) is 15.0. The second kappa shape index (κ2) is 6.44. The van der Waals surface area contributed by atoms with Crippen LogP contribution in [0.5, 0.6) is 0 Å². The molecule has 0 saturated carbocycles. The van der Waals surface area contributed by atoms with Crippen molar-refractivity contribution in [3.8, 4) is 0 Å². The first-order valence-electron chi connectivity index (χ1n) is 7.57. The Morgan fingerprint density at radius 3 is 2.59 bits per heavy atom. The minimum Gasteiger partial charge on any atom is -0.381 e. The van der Waals surface area contributed by atoms with Gasteiger partial charge in [-0.15, -0.1) is 0 Å². The molecule has 5 nitrogen and oxygen atoms in total. The van der Waals surface area contributed by atoms with Gasteiger partial charge in [-0.3, -0.25) is 9.59 Å². The largest absolute Gasteiger partial charge is 0.381 e. The zero-order valence-electron chi connectivity index (χ0n) is 12.3. The predicted molar refractivity (Wildman–Crippen MR) is 78.7 cm³/mol. The van der Waals surface area contributed by atoms with Crippen molar-refractivity contribution in [2.75, 3.05) is 25.1 Å². The summed E-state index contributed by atoms with van der Waals surface area (Å²) in [6.45, 7) is 1.79. The van der Waals surface area contributed by atoms with Gasteiger partial charge in [0.2, 0.25) is 11.8 Å². The van der Waals surface area contributed by atoms with E-state index in [-0.39, 0.29) is 36.0 Å². The van der Waals surface area contributed by atoms with Gasteiger partial charge in [-0.1, -0.05) is 0 Å². The Morgan fingerprint density at radius 2 is 1.91 bits per heavy atom. The van der Waals surface area contributed by atoms with Crippen molar-refractivity contribution in [2.24, 2.45) is 5.92 Å². The zero-order valence-corrected chi connectivity index (χ0v) is 12.3. The lowest BCUT2D eigenvalue weighted by Crippen LogP contribution is -2.41. The molecule has 3 rings (SSSR count). The summed E-state index contributed by atoms with van der Waals surface area (Å²) in [5.41, 5.74) is 0.545. The van der Waals surface area contributed by atoms with E-state index in [2.05, 4.69) is 5.32 Å². The third-order valence-corrected chi connectivity index (χ3v) is 4.27. The number of nitrogens with zero attached hydrogens (tertiary/aromatic N) is 1. The molecule has 1 aromatic carbocycles. The van der Waals surface area contributed by atoms with Gasteiger partial charge in [-0.05, 0) is 37.1 Å². The molecule has 0 aromatic heterocycles. The number of benzene rings is 1. The predicted octanol–water partition coefficient (Wildman–Crippen LogP) is 1.79. The number of carbonyl (C=O) groups excluding carboxylic acids is 2. The monoisotopic (exact) mass is 306 g/mol. The van der Waals surface area contributed by atoms with Crippen LogP contribution < -0.4 is 5.32 Å². The van der Waals surface area contributed by atoms with Crippen molar-refractivity contribution in [1.82, 2.24) is 4.90 Å². The summed E-state index contributed by atoms with van der Waals surface area (Å²) in [5, 5.41) is 2.75. The number of nitrogens with one attached hydrogen (secondary N) is 1. The third kappa shape index (κ3) is 3.27. The number of ether oxygens (including phenoxy) is 1. The lowest BCUT2D eigenvalue weighted by Gasteiger charge is -2.31. The van der Waals surface area contributed by atoms with Crippen LogP contribution in [0.25, 0.3) is 0 Å². The van der Waals surface area contributed by atoms with E-state index in [1.54, 1.807) is 0 Å². The average Bonchev–Trinajstić information content (AvgIpc) is 2.92. The number of carbonyl (C=O) groups is 2. The van der Waals surface area contributed by atoms with E-state index in [9.17, 15) is 14.0 Å². The lowest BCUT2D eigenvalue weighted by atomic mass is 10.1. The van der Waals surface area contributed by atoms with Gasteiger partial charge in [-0.25, -0.2) is 4.39 Å². The number of hydrogen-bond donors (Lipinski definition) is 1. The molecule has 0 aliphatic carbocycles. The fraction of sp³-hybridized carbons (Fsp3) is 0.500. The summed E-state index contributed by atoms with van der Waals surface area (Å²) in [4.78, 5) is 26.2. The highest BCUT2D eigenvalue weighted by Crippen LogP contribution is 2.25. The SMILES string of the molecule is O=C(Nc1ccc(F)cc1)C1CC(=O)N(C2CCOCC2)C1. The molecule has 118 valence electrons. The van der Waals surface area contributed by atoms with Crippen LogP contribution in [0.1, 0.15) is 19.3 Å². The van der Waals surface area contributed by atoms with E-state index in [1.165, 1.54) is 24.3 Å². The molecule has 2 saturated heterocycles. The maximum Gasteiger partial charge on any atom is 0.229 e. The fourth-order valence-electron chi connectivity index (χ4n) is 3.03. The minimum absolute atomic E-state index is 0.0335. The Kier molecular flexibility index (Phi) is 4.38. The normalized spacial score (nSPS) is 22.9. The first-order chi connectivity index (χ1) is 10.6. The Bertz CT molecular complexity index is 555. The average molecular weight is 306 g/mol. The van der Waals surface area contributed by atoms with E-state index in [0.717, 1.165) is 12.8 Å². The molecule has 2 aliphatic heterocycles.